The predicted octanol–water partition coefficient (Wildman–Crippen LogP) is 4.19. The molecule has 5 heteroatoms. The summed E-state index contributed by atoms with van der Waals surface area (Å²) in [6, 6.07) is 7.97. The summed E-state index contributed by atoms with van der Waals surface area (Å²) in [5, 5.41) is 0. The summed E-state index contributed by atoms with van der Waals surface area (Å²) >= 11 is 3.43. The van der Waals surface area contributed by atoms with E-state index < -0.39 is 5.97 Å². The quantitative estimate of drug-likeness (QED) is 0.557. The molecule has 4 nitrogen and oxygen atoms in total. The number of likely N-dealkylation sites (tertiary alicyclic amines) is 1. The van der Waals surface area contributed by atoms with Gasteiger partial charge in [-0.25, -0.2) is 4.79 Å². The molecule has 1 aliphatic heterocycles. The number of amides is 1. The van der Waals surface area contributed by atoms with Gasteiger partial charge in [0, 0.05) is 23.1 Å². The number of fused-ring (bicyclic) bond motifs is 1. The second kappa shape index (κ2) is 8.65. The van der Waals surface area contributed by atoms with Crippen LogP contribution < -0.4 is 0 Å². The molecule has 1 aliphatic carbocycles. The number of ether oxygens (including phenoxy) is 1. The fraction of sp³-hybridized carbons (Fsp3) is 0.500. The summed E-state index contributed by atoms with van der Waals surface area (Å²) in [4.78, 5) is 26.4. The summed E-state index contributed by atoms with van der Waals surface area (Å²) in [7, 11) is 0. The van der Waals surface area contributed by atoms with E-state index in [0.717, 1.165) is 29.4 Å². The van der Waals surface area contributed by atoms with E-state index in [1.165, 1.54) is 31.8 Å². The number of nitrogens with zero attached hydrogens (tertiary/aromatic N) is 1. The number of rotatable bonds is 4. The van der Waals surface area contributed by atoms with Gasteiger partial charge < -0.3 is 9.64 Å². The maximum atomic E-state index is 12.5. The fourth-order valence-electron chi connectivity index (χ4n) is 3.97. The molecule has 1 saturated heterocycles. The van der Waals surface area contributed by atoms with Gasteiger partial charge in [-0.05, 0) is 49.3 Å². The van der Waals surface area contributed by atoms with Crippen molar-refractivity contribution in [3.05, 3.63) is 40.4 Å². The molecule has 1 amide bonds. The molecular formula is C20H24BrNO3. The predicted molar refractivity (Wildman–Crippen MR) is 101 cm³/mol. The topological polar surface area (TPSA) is 46.6 Å². The number of hydrogen-bond donors (Lipinski definition) is 0. The van der Waals surface area contributed by atoms with E-state index >= 15 is 0 Å². The molecule has 134 valence electrons. The highest BCUT2D eigenvalue weighted by Crippen LogP contribution is 2.35. The highest BCUT2D eigenvalue weighted by Gasteiger charge is 2.35. The Kier molecular flexibility index (Phi) is 6.29. The SMILES string of the molecule is O=C(/C=C/c1ccccc1Br)OCC(=O)N1CCC[C@@H]2CCCC[C@@H]21. The van der Waals surface area contributed by atoms with Crippen LogP contribution in [-0.4, -0.2) is 36.0 Å². The van der Waals surface area contributed by atoms with Crippen molar-refractivity contribution >= 4 is 33.9 Å². The molecule has 0 aromatic heterocycles. The lowest BCUT2D eigenvalue weighted by Gasteiger charge is -2.44. The molecule has 0 radical (unpaired) electrons. The molecule has 0 bridgehead atoms. The number of carbonyl (C=O) groups excluding carboxylic acids is 2. The molecule has 1 aromatic rings. The first kappa shape index (κ1) is 18.2. The lowest BCUT2D eigenvalue weighted by Crippen LogP contribution is -2.50. The molecule has 2 aliphatic rings. The van der Waals surface area contributed by atoms with Crippen molar-refractivity contribution in [1.82, 2.24) is 4.90 Å². The molecule has 1 heterocycles. The number of hydrogen-bond acceptors (Lipinski definition) is 3. The minimum Gasteiger partial charge on any atom is -0.452 e. The lowest BCUT2D eigenvalue weighted by atomic mass is 9.78. The van der Waals surface area contributed by atoms with Crippen molar-refractivity contribution in [2.24, 2.45) is 5.92 Å². The van der Waals surface area contributed by atoms with Crippen LogP contribution in [0.2, 0.25) is 0 Å². The van der Waals surface area contributed by atoms with Crippen molar-refractivity contribution in [3.63, 3.8) is 0 Å². The molecule has 2 atom stereocenters. The van der Waals surface area contributed by atoms with Crippen LogP contribution in [-0.2, 0) is 14.3 Å². The van der Waals surface area contributed by atoms with Crippen molar-refractivity contribution in [2.75, 3.05) is 13.2 Å². The largest absolute Gasteiger partial charge is 0.452 e. The Hall–Kier alpha value is -1.62. The maximum Gasteiger partial charge on any atom is 0.331 e. The van der Waals surface area contributed by atoms with E-state index in [1.807, 2.05) is 29.2 Å². The van der Waals surface area contributed by atoms with Gasteiger partial charge in [-0.15, -0.1) is 0 Å². The van der Waals surface area contributed by atoms with Crippen molar-refractivity contribution < 1.29 is 14.3 Å². The van der Waals surface area contributed by atoms with Gasteiger partial charge in [0.25, 0.3) is 5.91 Å². The van der Waals surface area contributed by atoms with Crippen LogP contribution in [0.25, 0.3) is 6.08 Å². The summed E-state index contributed by atoms with van der Waals surface area (Å²) in [5.74, 6) is 0.0954. The smallest absolute Gasteiger partial charge is 0.331 e. The van der Waals surface area contributed by atoms with E-state index in [2.05, 4.69) is 15.9 Å². The highest BCUT2D eigenvalue weighted by molar-refractivity contribution is 9.10. The Morgan fingerprint density at radius 1 is 1.16 bits per heavy atom. The Morgan fingerprint density at radius 3 is 2.76 bits per heavy atom. The van der Waals surface area contributed by atoms with Gasteiger partial charge >= 0.3 is 5.97 Å². The third kappa shape index (κ3) is 4.72. The van der Waals surface area contributed by atoms with E-state index in [-0.39, 0.29) is 12.5 Å². The Bertz CT molecular complexity index is 656. The number of carbonyl (C=O) groups is 2. The van der Waals surface area contributed by atoms with E-state index in [9.17, 15) is 9.59 Å². The van der Waals surface area contributed by atoms with Gasteiger partial charge in [0.05, 0.1) is 0 Å². The summed E-state index contributed by atoms with van der Waals surface area (Å²) in [5.41, 5.74) is 0.895. The third-order valence-corrected chi connectivity index (χ3v) is 5.93. The first-order chi connectivity index (χ1) is 12.1. The lowest BCUT2D eigenvalue weighted by molar-refractivity contribution is -0.151. The number of halogens is 1. The van der Waals surface area contributed by atoms with Crippen LogP contribution in [0.3, 0.4) is 0 Å². The molecular weight excluding hydrogens is 382 g/mol. The third-order valence-electron chi connectivity index (χ3n) is 5.21. The van der Waals surface area contributed by atoms with Gasteiger partial charge in [-0.2, -0.15) is 0 Å². The number of esters is 1. The average Bonchev–Trinajstić information content (AvgIpc) is 2.65. The van der Waals surface area contributed by atoms with Gasteiger partial charge in [-0.1, -0.05) is 47.0 Å². The summed E-state index contributed by atoms with van der Waals surface area (Å²) < 4.78 is 6.08. The van der Waals surface area contributed by atoms with Crippen LogP contribution in [0.15, 0.2) is 34.8 Å². The van der Waals surface area contributed by atoms with Crippen LogP contribution >= 0.6 is 15.9 Å². The van der Waals surface area contributed by atoms with Crippen LogP contribution in [0.4, 0.5) is 0 Å². The second-order valence-corrected chi connectivity index (χ2v) is 7.66. The maximum absolute atomic E-state index is 12.5. The zero-order valence-electron chi connectivity index (χ0n) is 14.3. The van der Waals surface area contributed by atoms with Crippen molar-refractivity contribution in [1.29, 1.82) is 0 Å². The average molecular weight is 406 g/mol. The first-order valence-electron chi connectivity index (χ1n) is 9.04. The van der Waals surface area contributed by atoms with Gasteiger partial charge in [-0.3, -0.25) is 4.79 Å². The second-order valence-electron chi connectivity index (χ2n) is 6.80. The van der Waals surface area contributed by atoms with E-state index in [0.29, 0.717) is 12.0 Å². The van der Waals surface area contributed by atoms with Gasteiger partial charge in [0.1, 0.15) is 0 Å². The zero-order chi connectivity index (χ0) is 17.6. The Labute approximate surface area is 157 Å². The molecule has 1 aromatic carbocycles. The fourth-order valence-corrected chi connectivity index (χ4v) is 4.38. The minimum absolute atomic E-state index is 0.0563. The Morgan fingerprint density at radius 2 is 1.92 bits per heavy atom. The summed E-state index contributed by atoms with van der Waals surface area (Å²) in [6.07, 6.45) is 10.1. The molecule has 0 unspecified atom stereocenters. The number of benzene rings is 1. The minimum atomic E-state index is -0.485. The van der Waals surface area contributed by atoms with Crippen LogP contribution in [0.1, 0.15) is 44.1 Å². The van der Waals surface area contributed by atoms with Crippen LogP contribution in [0, 0.1) is 5.92 Å². The van der Waals surface area contributed by atoms with Gasteiger partial charge in [0.2, 0.25) is 0 Å². The first-order valence-corrected chi connectivity index (χ1v) is 9.83. The van der Waals surface area contributed by atoms with Gasteiger partial charge in [0.15, 0.2) is 6.61 Å². The monoisotopic (exact) mass is 405 g/mol. The zero-order valence-corrected chi connectivity index (χ0v) is 15.9. The summed E-state index contributed by atoms with van der Waals surface area (Å²) in [6.45, 7) is 0.632. The number of piperidine rings is 1. The van der Waals surface area contributed by atoms with E-state index in [4.69, 9.17) is 4.74 Å². The molecule has 1 saturated carbocycles. The van der Waals surface area contributed by atoms with Crippen molar-refractivity contribution in [3.8, 4) is 0 Å². The molecule has 0 spiro atoms. The molecule has 2 fully saturated rings. The Balaban J connectivity index is 1.51. The molecule has 0 N–H and O–H groups in total. The van der Waals surface area contributed by atoms with E-state index in [1.54, 1.807) is 6.08 Å². The van der Waals surface area contributed by atoms with Crippen molar-refractivity contribution in [2.45, 2.75) is 44.6 Å². The normalized spacial score (nSPS) is 23.3. The molecule has 25 heavy (non-hydrogen) atoms. The van der Waals surface area contributed by atoms with Crippen LogP contribution in [0.5, 0.6) is 0 Å². The molecule has 3 rings (SSSR count). The highest BCUT2D eigenvalue weighted by atomic mass is 79.9. The standard InChI is InChI=1S/C20H24BrNO3/c21-17-9-3-1-6-15(17)11-12-20(24)25-14-19(23)22-13-5-8-16-7-2-4-10-18(16)22/h1,3,6,9,11-12,16,18H,2,4-5,7-8,10,13-14H2/b12-11+/t16-,18-/m0/s1.